The second kappa shape index (κ2) is 11.4. The summed E-state index contributed by atoms with van der Waals surface area (Å²) in [5.41, 5.74) is 15.4. The van der Waals surface area contributed by atoms with E-state index < -0.39 is 5.41 Å². The van der Waals surface area contributed by atoms with Crippen LogP contribution in [0.4, 0.5) is 0 Å². The normalized spacial score (nSPS) is 13.2. The molecule has 0 amide bonds. The summed E-state index contributed by atoms with van der Waals surface area (Å²) in [7, 11) is 0. The van der Waals surface area contributed by atoms with Gasteiger partial charge >= 0.3 is 0 Å². The van der Waals surface area contributed by atoms with Crippen LogP contribution in [0, 0.1) is 0 Å². The molecule has 11 aromatic rings. The Labute approximate surface area is 317 Å². The lowest BCUT2D eigenvalue weighted by Gasteiger charge is -2.34. The van der Waals surface area contributed by atoms with Crippen molar-refractivity contribution in [2.75, 3.05) is 0 Å². The lowest BCUT2D eigenvalue weighted by molar-refractivity contribution is 0.668. The molecule has 55 heavy (non-hydrogen) atoms. The molecule has 0 radical (unpaired) electrons. The van der Waals surface area contributed by atoms with E-state index >= 15 is 0 Å². The van der Waals surface area contributed by atoms with Gasteiger partial charge in [-0.2, -0.15) is 0 Å². The van der Waals surface area contributed by atoms with Crippen LogP contribution in [-0.4, -0.2) is 0 Å². The molecule has 9 aromatic carbocycles. The predicted octanol–water partition coefficient (Wildman–Crippen LogP) is 14.3. The fourth-order valence-electron chi connectivity index (χ4n) is 9.56. The molecule has 0 N–H and O–H groups in total. The first-order valence-corrected chi connectivity index (χ1v) is 18.9. The van der Waals surface area contributed by atoms with Crippen molar-refractivity contribution in [2.24, 2.45) is 0 Å². The van der Waals surface area contributed by atoms with Crippen LogP contribution in [0.5, 0.6) is 0 Å². The maximum atomic E-state index is 6.28. The first-order chi connectivity index (χ1) is 27.3. The van der Waals surface area contributed by atoms with Gasteiger partial charge in [0, 0.05) is 21.5 Å². The number of rotatable bonds is 4. The monoisotopic (exact) mass is 700 g/mol. The number of fused-ring (bicyclic) bond motifs is 11. The van der Waals surface area contributed by atoms with Gasteiger partial charge in [-0.05, 0) is 115 Å². The predicted molar refractivity (Wildman–Crippen MR) is 227 cm³/mol. The fourth-order valence-corrected chi connectivity index (χ4v) is 9.56. The Balaban J connectivity index is 1.18. The second-order valence-electron chi connectivity index (χ2n) is 14.8. The van der Waals surface area contributed by atoms with E-state index in [1.54, 1.807) is 0 Å². The van der Waals surface area contributed by atoms with Gasteiger partial charge in [0.05, 0.1) is 5.41 Å². The Morgan fingerprint density at radius 2 is 0.764 bits per heavy atom. The molecule has 0 spiro atoms. The van der Waals surface area contributed by atoms with Crippen molar-refractivity contribution in [3.8, 4) is 33.4 Å². The second-order valence-corrected chi connectivity index (χ2v) is 14.8. The summed E-state index contributed by atoms with van der Waals surface area (Å²) in [6.45, 7) is 0. The molecule has 1 aliphatic carbocycles. The van der Waals surface area contributed by atoms with Gasteiger partial charge in [-0.3, -0.25) is 0 Å². The van der Waals surface area contributed by atoms with E-state index in [0.717, 1.165) is 43.9 Å². The maximum Gasteiger partial charge on any atom is 0.135 e. The molecule has 0 bridgehead atoms. The molecule has 2 heteroatoms. The minimum Gasteiger partial charge on any atom is -0.456 e. The SMILES string of the molecule is c1ccc(C2(c3ccccc3)c3cc(-c4ccc5oc6ccccc6c5c4)ccc3-c3c2cc(-c2ccc4oc5ccccc5c4c2)c2ccccc32)cc1. The molecule has 0 aliphatic heterocycles. The highest BCUT2D eigenvalue weighted by Gasteiger charge is 2.47. The average molecular weight is 701 g/mol. The Kier molecular flexibility index (Phi) is 6.29. The lowest BCUT2D eigenvalue weighted by atomic mass is 9.67. The van der Waals surface area contributed by atoms with Gasteiger partial charge in [-0.25, -0.2) is 0 Å². The third-order valence-electron chi connectivity index (χ3n) is 12.0. The summed E-state index contributed by atoms with van der Waals surface area (Å²) < 4.78 is 12.5. The molecule has 12 rings (SSSR count). The van der Waals surface area contributed by atoms with Crippen LogP contribution >= 0.6 is 0 Å². The van der Waals surface area contributed by atoms with E-state index in [0.29, 0.717) is 0 Å². The van der Waals surface area contributed by atoms with Gasteiger partial charge in [0.15, 0.2) is 0 Å². The molecule has 2 aromatic heterocycles. The molecular formula is C53H32O2. The molecule has 2 nitrogen and oxygen atoms in total. The molecule has 256 valence electrons. The molecular weight excluding hydrogens is 669 g/mol. The molecule has 1 aliphatic rings. The van der Waals surface area contributed by atoms with Crippen LogP contribution in [0.3, 0.4) is 0 Å². The van der Waals surface area contributed by atoms with E-state index in [-0.39, 0.29) is 0 Å². The highest BCUT2D eigenvalue weighted by atomic mass is 16.3. The van der Waals surface area contributed by atoms with Crippen LogP contribution in [0.2, 0.25) is 0 Å². The van der Waals surface area contributed by atoms with E-state index in [4.69, 9.17) is 8.83 Å². The minimum absolute atomic E-state index is 0.582. The Bertz CT molecular complexity index is 3270. The van der Waals surface area contributed by atoms with Gasteiger partial charge in [0.1, 0.15) is 22.3 Å². The topological polar surface area (TPSA) is 26.3 Å². The molecule has 0 saturated heterocycles. The Hall–Kier alpha value is -7.16. The number of furan rings is 2. The third kappa shape index (κ3) is 4.25. The van der Waals surface area contributed by atoms with E-state index in [1.165, 1.54) is 66.4 Å². The van der Waals surface area contributed by atoms with Crippen molar-refractivity contribution in [2.45, 2.75) is 5.41 Å². The van der Waals surface area contributed by atoms with E-state index in [9.17, 15) is 0 Å². The van der Waals surface area contributed by atoms with Crippen molar-refractivity contribution in [1.29, 1.82) is 0 Å². The summed E-state index contributed by atoms with van der Waals surface area (Å²) in [6, 6.07) is 70.7. The van der Waals surface area contributed by atoms with Crippen LogP contribution in [-0.2, 0) is 5.41 Å². The van der Waals surface area contributed by atoms with Gasteiger partial charge in [-0.1, -0.05) is 146 Å². The van der Waals surface area contributed by atoms with Crippen molar-refractivity contribution < 1.29 is 8.83 Å². The lowest BCUT2D eigenvalue weighted by Crippen LogP contribution is -2.28. The Morgan fingerprint density at radius 1 is 0.291 bits per heavy atom. The summed E-state index contributed by atoms with van der Waals surface area (Å²) in [6.07, 6.45) is 0. The maximum absolute atomic E-state index is 6.28. The van der Waals surface area contributed by atoms with Crippen LogP contribution in [0.25, 0.3) is 88.0 Å². The Morgan fingerprint density at radius 3 is 1.40 bits per heavy atom. The van der Waals surface area contributed by atoms with E-state index in [1.807, 2.05) is 18.2 Å². The third-order valence-corrected chi connectivity index (χ3v) is 12.0. The fraction of sp³-hybridized carbons (Fsp3) is 0.0189. The standard InChI is InChI=1S/C53H32O2/c1-3-13-36(14-4-1)53(37-15-5-2-6-16-37)46-31-34(33-24-27-50-44(29-33)39-18-9-11-21-48(39)54-50)23-26-42(46)52-41-20-8-7-17-38(41)43(32-47(52)53)35-25-28-51-45(30-35)40-19-10-12-22-49(40)55-51/h1-32H. The van der Waals surface area contributed by atoms with Gasteiger partial charge in [0.25, 0.3) is 0 Å². The largest absolute Gasteiger partial charge is 0.456 e. The number of hydrogen-bond donors (Lipinski definition) is 0. The molecule has 2 heterocycles. The van der Waals surface area contributed by atoms with Crippen molar-refractivity contribution in [1.82, 2.24) is 0 Å². The summed E-state index contributed by atoms with van der Waals surface area (Å²) in [5, 5.41) is 7.02. The van der Waals surface area contributed by atoms with Crippen LogP contribution in [0.1, 0.15) is 22.3 Å². The summed E-state index contributed by atoms with van der Waals surface area (Å²) in [4.78, 5) is 0. The molecule has 0 fully saturated rings. The van der Waals surface area contributed by atoms with Gasteiger partial charge < -0.3 is 8.83 Å². The van der Waals surface area contributed by atoms with Crippen molar-refractivity contribution in [3.05, 3.63) is 216 Å². The zero-order valence-corrected chi connectivity index (χ0v) is 29.8. The zero-order chi connectivity index (χ0) is 36.1. The van der Waals surface area contributed by atoms with E-state index in [2.05, 4.69) is 176 Å². The minimum atomic E-state index is -0.582. The first kappa shape index (κ1) is 30.3. The number of benzene rings is 9. The van der Waals surface area contributed by atoms with Gasteiger partial charge in [-0.15, -0.1) is 0 Å². The average Bonchev–Trinajstić information content (AvgIpc) is 3.91. The quantitative estimate of drug-likeness (QED) is 0.183. The molecule has 0 unspecified atom stereocenters. The number of hydrogen-bond acceptors (Lipinski definition) is 2. The smallest absolute Gasteiger partial charge is 0.135 e. The van der Waals surface area contributed by atoms with Crippen LogP contribution < -0.4 is 0 Å². The number of para-hydroxylation sites is 2. The highest BCUT2D eigenvalue weighted by molar-refractivity contribution is 6.13. The van der Waals surface area contributed by atoms with Crippen molar-refractivity contribution >= 4 is 54.6 Å². The highest BCUT2D eigenvalue weighted by Crippen LogP contribution is 2.59. The molecule has 0 saturated carbocycles. The first-order valence-electron chi connectivity index (χ1n) is 18.9. The summed E-state index contributed by atoms with van der Waals surface area (Å²) in [5.74, 6) is 0. The van der Waals surface area contributed by atoms with Crippen molar-refractivity contribution in [3.63, 3.8) is 0 Å². The molecule has 0 atom stereocenters. The van der Waals surface area contributed by atoms with Gasteiger partial charge in [0.2, 0.25) is 0 Å². The zero-order valence-electron chi connectivity index (χ0n) is 29.8. The van der Waals surface area contributed by atoms with Crippen LogP contribution in [0.15, 0.2) is 203 Å². The summed E-state index contributed by atoms with van der Waals surface area (Å²) >= 11 is 0.